The minimum Gasteiger partial charge on any atom is -0.197 e. The Morgan fingerprint density at radius 2 is 1.88 bits per heavy atom. The summed E-state index contributed by atoms with van der Waals surface area (Å²) in [6, 6.07) is 9.16. The van der Waals surface area contributed by atoms with Crippen molar-refractivity contribution >= 4 is 0 Å². The highest BCUT2D eigenvalue weighted by Crippen LogP contribution is 2.64. The zero-order chi connectivity index (χ0) is 12.8. The van der Waals surface area contributed by atoms with Crippen LogP contribution in [0.25, 0.3) is 0 Å². The lowest BCUT2D eigenvalue weighted by atomic mass is 9.84. The second kappa shape index (κ2) is 3.60. The maximum atomic E-state index is 9.55. The van der Waals surface area contributed by atoms with E-state index in [1.165, 1.54) is 16.7 Å². The van der Waals surface area contributed by atoms with Gasteiger partial charge in [-0.2, -0.15) is 5.26 Å². The van der Waals surface area contributed by atoms with E-state index in [-0.39, 0.29) is 10.8 Å². The Hall–Kier alpha value is -1.29. The van der Waals surface area contributed by atoms with Crippen molar-refractivity contribution in [1.82, 2.24) is 0 Å². The van der Waals surface area contributed by atoms with Crippen LogP contribution in [0.4, 0.5) is 0 Å². The van der Waals surface area contributed by atoms with Gasteiger partial charge in [-0.15, -0.1) is 0 Å². The third-order valence-electron chi connectivity index (χ3n) is 4.32. The summed E-state index contributed by atoms with van der Waals surface area (Å²) in [5.41, 5.74) is 3.71. The first-order chi connectivity index (χ1) is 7.84. The van der Waals surface area contributed by atoms with Crippen molar-refractivity contribution in [3.05, 3.63) is 34.9 Å². The third kappa shape index (κ3) is 1.67. The van der Waals surface area contributed by atoms with Gasteiger partial charge in [0.2, 0.25) is 0 Å². The molecule has 0 aromatic heterocycles. The summed E-state index contributed by atoms with van der Waals surface area (Å²) in [5, 5.41) is 9.55. The fourth-order valence-corrected chi connectivity index (χ4v) is 2.79. The van der Waals surface area contributed by atoms with E-state index in [1.807, 2.05) is 0 Å². The average Bonchev–Trinajstić information content (AvgIpc) is 2.82. The maximum Gasteiger partial charge on any atom is 0.0882 e. The van der Waals surface area contributed by atoms with Gasteiger partial charge in [-0.05, 0) is 41.4 Å². The van der Waals surface area contributed by atoms with Crippen LogP contribution in [0.15, 0.2) is 18.2 Å². The number of benzene rings is 1. The molecule has 17 heavy (non-hydrogen) atoms. The van der Waals surface area contributed by atoms with Gasteiger partial charge >= 0.3 is 0 Å². The molecule has 1 saturated carbocycles. The van der Waals surface area contributed by atoms with Gasteiger partial charge in [-0.3, -0.25) is 0 Å². The highest BCUT2D eigenvalue weighted by Gasteiger charge is 2.63. The molecule has 0 bridgehead atoms. The van der Waals surface area contributed by atoms with Gasteiger partial charge in [0.05, 0.1) is 11.5 Å². The van der Waals surface area contributed by atoms with Crippen molar-refractivity contribution < 1.29 is 0 Å². The predicted octanol–water partition coefficient (Wildman–Crippen LogP) is 4.31. The minimum absolute atomic E-state index is 0.127. The topological polar surface area (TPSA) is 23.8 Å². The van der Waals surface area contributed by atoms with Crippen LogP contribution in [0.5, 0.6) is 0 Å². The number of hydrogen-bond acceptors (Lipinski definition) is 1. The van der Waals surface area contributed by atoms with Crippen molar-refractivity contribution in [2.45, 2.75) is 52.4 Å². The Morgan fingerprint density at radius 1 is 1.29 bits per heavy atom. The Kier molecular flexibility index (Phi) is 2.58. The second-order valence-electron chi connectivity index (χ2n) is 6.31. The zero-order valence-corrected chi connectivity index (χ0v) is 11.5. The highest BCUT2D eigenvalue weighted by atomic mass is 14.6. The molecule has 0 spiro atoms. The van der Waals surface area contributed by atoms with E-state index in [2.05, 4.69) is 58.9 Å². The molecule has 1 aliphatic carbocycles. The lowest BCUT2D eigenvalue weighted by Crippen LogP contribution is -2.14. The molecular weight excluding hydrogens is 206 g/mol. The van der Waals surface area contributed by atoms with Crippen molar-refractivity contribution in [3.63, 3.8) is 0 Å². The second-order valence-corrected chi connectivity index (χ2v) is 6.31. The van der Waals surface area contributed by atoms with Crippen LogP contribution >= 0.6 is 0 Å². The summed E-state index contributed by atoms with van der Waals surface area (Å²) in [7, 11) is 0. The van der Waals surface area contributed by atoms with E-state index in [1.54, 1.807) is 0 Å². The van der Waals surface area contributed by atoms with Crippen molar-refractivity contribution in [1.29, 1.82) is 5.26 Å². The molecule has 1 nitrogen and oxygen atoms in total. The molecule has 0 N–H and O–H groups in total. The van der Waals surface area contributed by atoms with E-state index in [0.29, 0.717) is 5.92 Å². The molecule has 1 aromatic carbocycles. The van der Waals surface area contributed by atoms with E-state index < -0.39 is 0 Å². The van der Waals surface area contributed by atoms with Gasteiger partial charge in [-0.25, -0.2) is 0 Å². The molecule has 1 aromatic rings. The van der Waals surface area contributed by atoms with Gasteiger partial charge in [0.25, 0.3) is 0 Å². The lowest BCUT2D eigenvalue weighted by Gasteiger charge is -2.18. The molecule has 2 rings (SSSR count). The van der Waals surface area contributed by atoms with Gasteiger partial charge < -0.3 is 0 Å². The third-order valence-corrected chi connectivity index (χ3v) is 4.32. The van der Waals surface area contributed by atoms with Crippen LogP contribution in [0.2, 0.25) is 0 Å². The number of nitriles is 1. The SMILES string of the molecule is Cc1ccc(C(C)C)cc1C1(C#N)CC1(C)C. The maximum absolute atomic E-state index is 9.55. The summed E-state index contributed by atoms with van der Waals surface area (Å²) in [6.45, 7) is 10.9. The van der Waals surface area contributed by atoms with Crippen LogP contribution in [0.3, 0.4) is 0 Å². The molecular formula is C16H21N. The van der Waals surface area contributed by atoms with Gasteiger partial charge in [-0.1, -0.05) is 45.9 Å². The number of aryl methyl sites for hydroxylation is 1. The summed E-state index contributed by atoms with van der Waals surface area (Å²) < 4.78 is 0. The fourth-order valence-electron chi connectivity index (χ4n) is 2.79. The standard InChI is InChI=1S/C16H21N/c1-11(2)13-7-6-12(3)14(8-13)16(10-17)9-15(16,4)5/h6-8,11H,9H2,1-5H3. The van der Waals surface area contributed by atoms with Crippen molar-refractivity contribution in [2.75, 3.05) is 0 Å². The normalized spacial score (nSPS) is 25.7. The zero-order valence-electron chi connectivity index (χ0n) is 11.5. The van der Waals surface area contributed by atoms with E-state index in [4.69, 9.17) is 0 Å². The number of rotatable bonds is 2. The van der Waals surface area contributed by atoms with Crippen molar-refractivity contribution in [2.24, 2.45) is 5.41 Å². The molecule has 90 valence electrons. The molecule has 0 amide bonds. The molecule has 0 aliphatic heterocycles. The summed E-state index contributed by atoms with van der Waals surface area (Å²) in [4.78, 5) is 0. The quantitative estimate of drug-likeness (QED) is 0.738. The van der Waals surface area contributed by atoms with Crippen LogP contribution in [0.1, 0.15) is 56.7 Å². The molecule has 1 unspecified atom stereocenters. The molecule has 0 radical (unpaired) electrons. The van der Waals surface area contributed by atoms with E-state index in [9.17, 15) is 5.26 Å². The van der Waals surface area contributed by atoms with Crippen LogP contribution < -0.4 is 0 Å². The first kappa shape index (κ1) is 12.2. The van der Waals surface area contributed by atoms with Crippen LogP contribution in [-0.2, 0) is 5.41 Å². The molecule has 1 fully saturated rings. The van der Waals surface area contributed by atoms with E-state index in [0.717, 1.165) is 6.42 Å². The van der Waals surface area contributed by atoms with Gasteiger partial charge in [0.15, 0.2) is 0 Å². The van der Waals surface area contributed by atoms with Crippen LogP contribution in [0, 0.1) is 23.7 Å². The number of nitrogens with zero attached hydrogens (tertiary/aromatic N) is 1. The molecule has 0 heterocycles. The Bertz CT molecular complexity index is 491. The fraction of sp³-hybridized carbons (Fsp3) is 0.562. The first-order valence-corrected chi connectivity index (χ1v) is 6.36. The van der Waals surface area contributed by atoms with Crippen molar-refractivity contribution in [3.8, 4) is 6.07 Å². The molecule has 1 atom stereocenters. The smallest absolute Gasteiger partial charge is 0.0882 e. The summed E-state index contributed by atoms with van der Waals surface area (Å²) in [6.07, 6.45) is 0.985. The minimum atomic E-state index is -0.248. The average molecular weight is 227 g/mol. The number of hydrogen-bond donors (Lipinski definition) is 0. The molecule has 1 aliphatic rings. The molecule has 0 saturated heterocycles. The Balaban J connectivity index is 2.54. The lowest BCUT2D eigenvalue weighted by molar-refractivity contribution is 0.568. The largest absolute Gasteiger partial charge is 0.197 e. The summed E-state index contributed by atoms with van der Waals surface area (Å²) >= 11 is 0. The summed E-state index contributed by atoms with van der Waals surface area (Å²) in [5.74, 6) is 0.520. The van der Waals surface area contributed by atoms with Crippen LogP contribution in [-0.4, -0.2) is 0 Å². The first-order valence-electron chi connectivity index (χ1n) is 6.36. The Labute approximate surface area is 104 Å². The van der Waals surface area contributed by atoms with E-state index >= 15 is 0 Å². The predicted molar refractivity (Wildman–Crippen MR) is 71.0 cm³/mol. The highest BCUT2D eigenvalue weighted by molar-refractivity contribution is 5.50. The molecule has 1 heteroatoms. The Morgan fingerprint density at radius 3 is 2.29 bits per heavy atom. The monoisotopic (exact) mass is 227 g/mol. The van der Waals surface area contributed by atoms with Gasteiger partial charge in [0.1, 0.15) is 0 Å². The van der Waals surface area contributed by atoms with Gasteiger partial charge in [0, 0.05) is 0 Å².